The van der Waals surface area contributed by atoms with Gasteiger partial charge in [-0.25, -0.2) is 0 Å². The maximum atomic E-state index is 9.22. The molecule has 0 aromatic rings. The van der Waals surface area contributed by atoms with E-state index in [9.17, 15) is 10.5 Å². The fraction of sp³-hybridized carbons (Fsp3) is 0.905. The first kappa shape index (κ1) is 17.3. The highest BCUT2D eigenvalue weighted by molar-refractivity contribution is 5.01. The molecular weight excluding hydrogens is 308 g/mol. The van der Waals surface area contributed by atoms with Crippen LogP contribution in [0, 0.1) is 39.9 Å². The zero-order chi connectivity index (χ0) is 17.3. The molecule has 0 aromatic carbocycles. The van der Waals surface area contributed by atoms with Crippen LogP contribution >= 0.6 is 0 Å². The second-order valence-corrected chi connectivity index (χ2v) is 9.23. The number of rotatable bonds is 2. The van der Waals surface area contributed by atoms with Crippen LogP contribution in [0.2, 0.25) is 0 Å². The topological polar surface area (TPSA) is 54.1 Å². The van der Waals surface area contributed by atoms with E-state index < -0.39 is 0 Å². The minimum absolute atomic E-state index is 0.298. The van der Waals surface area contributed by atoms with Gasteiger partial charge in [0.05, 0.1) is 12.1 Å². The van der Waals surface area contributed by atoms with E-state index in [1.165, 1.54) is 64.7 Å². The van der Waals surface area contributed by atoms with Crippen molar-refractivity contribution in [3.8, 4) is 12.1 Å². The van der Waals surface area contributed by atoms with Crippen LogP contribution in [-0.4, -0.2) is 48.1 Å². The number of nitriles is 2. The van der Waals surface area contributed by atoms with Crippen molar-refractivity contribution in [2.75, 3.05) is 26.2 Å². The molecule has 4 aliphatic rings. The van der Waals surface area contributed by atoms with Gasteiger partial charge in [0.1, 0.15) is 0 Å². The highest BCUT2D eigenvalue weighted by Crippen LogP contribution is 2.43. The van der Waals surface area contributed by atoms with Gasteiger partial charge in [-0.15, -0.1) is 0 Å². The third-order valence-corrected chi connectivity index (χ3v) is 7.59. The third-order valence-electron chi connectivity index (χ3n) is 7.59. The zero-order valence-electron chi connectivity index (χ0n) is 15.5. The molecule has 25 heavy (non-hydrogen) atoms. The molecule has 0 amide bonds. The Morgan fingerprint density at radius 2 is 1.20 bits per heavy atom. The van der Waals surface area contributed by atoms with E-state index in [0.29, 0.717) is 29.3 Å². The first-order chi connectivity index (χ1) is 12.2. The van der Waals surface area contributed by atoms with Gasteiger partial charge in [-0.3, -0.25) is 9.80 Å². The molecule has 4 heteroatoms. The summed E-state index contributed by atoms with van der Waals surface area (Å²) in [7, 11) is 0. The van der Waals surface area contributed by atoms with Crippen LogP contribution in [-0.2, 0) is 0 Å². The Bertz CT molecular complexity index is 509. The van der Waals surface area contributed by atoms with Crippen LogP contribution in [0.3, 0.4) is 0 Å². The maximum Gasteiger partial charge on any atom is 0.0656 e. The van der Waals surface area contributed by atoms with Crippen LogP contribution in [0.15, 0.2) is 0 Å². The lowest BCUT2D eigenvalue weighted by Crippen LogP contribution is -2.55. The number of hydrogen-bond acceptors (Lipinski definition) is 4. The van der Waals surface area contributed by atoms with E-state index in [-0.39, 0.29) is 0 Å². The van der Waals surface area contributed by atoms with E-state index in [4.69, 9.17) is 0 Å². The SMILES string of the molecule is N#CC1CCC(N2CCCC3(CCCN(C4CCC(C#N)C4)C3)C2)C1. The molecular formula is C21H32N4. The summed E-state index contributed by atoms with van der Waals surface area (Å²) in [5, 5.41) is 18.4. The molecule has 2 aliphatic carbocycles. The van der Waals surface area contributed by atoms with Crippen LogP contribution in [0.4, 0.5) is 0 Å². The van der Waals surface area contributed by atoms with Crippen molar-refractivity contribution in [2.24, 2.45) is 17.3 Å². The molecule has 4 rings (SSSR count). The quantitative estimate of drug-likeness (QED) is 0.771. The summed E-state index contributed by atoms with van der Waals surface area (Å²) in [5.74, 6) is 0.597. The van der Waals surface area contributed by atoms with Crippen LogP contribution in [0.25, 0.3) is 0 Å². The molecule has 0 N–H and O–H groups in total. The molecule has 0 radical (unpaired) electrons. The van der Waals surface area contributed by atoms with Crippen molar-refractivity contribution >= 4 is 0 Å². The largest absolute Gasteiger partial charge is 0.300 e. The Labute approximate surface area is 152 Å². The number of nitrogens with zero attached hydrogens (tertiary/aromatic N) is 4. The molecule has 1 spiro atoms. The van der Waals surface area contributed by atoms with Crippen molar-refractivity contribution in [1.82, 2.24) is 9.80 Å². The van der Waals surface area contributed by atoms with Crippen molar-refractivity contribution < 1.29 is 0 Å². The van der Waals surface area contributed by atoms with Gasteiger partial charge >= 0.3 is 0 Å². The minimum atomic E-state index is 0.298. The fourth-order valence-corrected chi connectivity index (χ4v) is 6.26. The predicted molar refractivity (Wildman–Crippen MR) is 97.5 cm³/mol. The maximum absolute atomic E-state index is 9.22. The smallest absolute Gasteiger partial charge is 0.0656 e. The van der Waals surface area contributed by atoms with E-state index in [0.717, 1.165) is 25.7 Å². The Balaban J connectivity index is 1.39. The summed E-state index contributed by atoms with van der Waals surface area (Å²) >= 11 is 0. The van der Waals surface area contributed by atoms with Crippen molar-refractivity contribution in [3.05, 3.63) is 0 Å². The molecule has 4 nitrogen and oxygen atoms in total. The Kier molecular flexibility index (Phi) is 5.03. The van der Waals surface area contributed by atoms with Gasteiger partial charge in [-0.2, -0.15) is 10.5 Å². The summed E-state index contributed by atoms with van der Waals surface area (Å²) in [6.45, 7) is 4.98. The highest BCUT2D eigenvalue weighted by Gasteiger charge is 2.44. The Morgan fingerprint density at radius 1 is 0.720 bits per heavy atom. The molecule has 4 unspecified atom stereocenters. The second-order valence-electron chi connectivity index (χ2n) is 9.23. The molecule has 136 valence electrons. The third kappa shape index (κ3) is 3.57. The molecule has 0 bridgehead atoms. The molecule has 4 fully saturated rings. The lowest BCUT2D eigenvalue weighted by atomic mass is 9.73. The van der Waals surface area contributed by atoms with Crippen LogP contribution in [0.1, 0.15) is 64.2 Å². The average Bonchev–Trinajstić information content (AvgIpc) is 3.31. The second kappa shape index (κ2) is 7.26. The van der Waals surface area contributed by atoms with Gasteiger partial charge in [0, 0.05) is 37.0 Å². The molecule has 2 heterocycles. The molecule has 4 atom stereocenters. The van der Waals surface area contributed by atoms with Gasteiger partial charge in [0.25, 0.3) is 0 Å². The summed E-state index contributed by atoms with van der Waals surface area (Å²) in [4.78, 5) is 5.49. The summed E-state index contributed by atoms with van der Waals surface area (Å²) < 4.78 is 0. The average molecular weight is 341 g/mol. The van der Waals surface area contributed by atoms with E-state index in [1.807, 2.05) is 0 Å². The summed E-state index contributed by atoms with van der Waals surface area (Å²) in [6.07, 6.45) is 12.3. The van der Waals surface area contributed by atoms with Gasteiger partial charge < -0.3 is 0 Å². The summed E-state index contributed by atoms with van der Waals surface area (Å²) in [6, 6.07) is 6.31. The molecule has 2 saturated heterocycles. The van der Waals surface area contributed by atoms with E-state index >= 15 is 0 Å². The first-order valence-electron chi connectivity index (χ1n) is 10.5. The number of hydrogen-bond donors (Lipinski definition) is 0. The molecule has 2 saturated carbocycles. The zero-order valence-corrected chi connectivity index (χ0v) is 15.5. The van der Waals surface area contributed by atoms with Gasteiger partial charge in [-0.1, -0.05) is 0 Å². The Hall–Kier alpha value is -1.10. The lowest BCUT2D eigenvalue weighted by Gasteiger charge is -2.51. The first-order valence-corrected chi connectivity index (χ1v) is 10.5. The van der Waals surface area contributed by atoms with Crippen molar-refractivity contribution in [1.29, 1.82) is 10.5 Å². The fourth-order valence-electron chi connectivity index (χ4n) is 6.26. The molecule has 2 aliphatic heterocycles. The standard InChI is InChI=1S/C21H32N4/c22-13-17-3-5-19(11-17)24-9-1-7-21(15-24)8-2-10-25(16-21)20-6-4-18(12-20)14-23/h17-20H,1-12,15-16H2. The van der Waals surface area contributed by atoms with E-state index in [2.05, 4.69) is 21.9 Å². The summed E-state index contributed by atoms with van der Waals surface area (Å²) in [5.41, 5.74) is 0.478. The van der Waals surface area contributed by atoms with Crippen molar-refractivity contribution in [3.63, 3.8) is 0 Å². The van der Waals surface area contributed by atoms with Crippen LogP contribution in [0.5, 0.6) is 0 Å². The van der Waals surface area contributed by atoms with E-state index in [1.54, 1.807) is 0 Å². The van der Waals surface area contributed by atoms with Gasteiger partial charge in [0.15, 0.2) is 0 Å². The van der Waals surface area contributed by atoms with Gasteiger partial charge in [-0.05, 0) is 82.7 Å². The van der Waals surface area contributed by atoms with Crippen molar-refractivity contribution in [2.45, 2.75) is 76.3 Å². The molecule has 0 aromatic heterocycles. The number of likely N-dealkylation sites (tertiary alicyclic amines) is 2. The normalized spacial score (nSPS) is 43.1. The monoisotopic (exact) mass is 340 g/mol. The highest BCUT2D eigenvalue weighted by atomic mass is 15.2. The predicted octanol–water partition coefficient (Wildman–Crippen LogP) is 3.55. The Morgan fingerprint density at radius 3 is 1.60 bits per heavy atom. The number of piperidine rings is 2. The lowest BCUT2D eigenvalue weighted by molar-refractivity contribution is -0.0154. The van der Waals surface area contributed by atoms with Gasteiger partial charge in [0.2, 0.25) is 0 Å². The minimum Gasteiger partial charge on any atom is -0.300 e. The van der Waals surface area contributed by atoms with Crippen LogP contribution < -0.4 is 0 Å².